The summed E-state index contributed by atoms with van der Waals surface area (Å²) in [6.07, 6.45) is 2.92. The predicted octanol–water partition coefficient (Wildman–Crippen LogP) is 2.66. The summed E-state index contributed by atoms with van der Waals surface area (Å²) in [5, 5.41) is 8.62. The Morgan fingerprint density at radius 2 is 2.35 bits per heavy atom. The monoisotopic (exact) mass is 247 g/mol. The van der Waals surface area contributed by atoms with E-state index >= 15 is 0 Å². The lowest BCUT2D eigenvalue weighted by Crippen LogP contribution is -2.21. The highest BCUT2D eigenvalue weighted by atomic mass is 35.5. The lowest BCUT2D eigenvalue weighted by molar-refractivity contribution is 0.793. The van der Waals surface area contributed by atoms with Crippen LogP contribution in [0, 0.1) is 0 Å². The first-order chi connectivity index (χ1) is 8.33. The second-order valence-electron chi connectivity index (χ2n) is 4.37. The summed E-state index contributed by atoms with van der Waals surface area (Å²) in [4.78, 5) is 4.28. The van der Waals surface area contributed by atoms with Crippen LogP contribution in [0.4, 0.5) is 5.69 Å². The predicted molar refractivity (Wildman–Crippen MR) is 71.7 cm³/mol. The highest BCUT2D eigenvalue weighted by Crippen LogP contribution is 2.26. The quantitative estimate of drug-likeness (QED) is 0.857. The summed E-state index contributed by atoms with van der Waals surface area (Å²) in [5.74, 6) is 0. The van der Waals surface area contributed by atoms with Crippen LogP contribution in [0.2, 0.25) is 5.02 Å². The number of rotatable bonds is 2. The molecule has 0 radical (unpaired) electrons. The minimum atomic E-state index is 0.500. The molecule has 0 unspecified atom stereocenters. The van der Waals surface area contributed by atoms with Gasteiger partial charge in [-0.15, -0.1) is 0 Å². The summed E-state index contributed by atoms with van der Waals surface area (Å²) in [7, 11) is 0. The SMILES string of the molecule is Clc1cc(N[C@@H]2CCNC2)cc2cccnc12. The molecule has 1 aliphatic rings. The van der Waals surface area contributed by atoms with Crippen molar-refractivity contribution >= 4 is 28.2 Å². The van der Waals surface area contributed by atoms with Gasteiger partial charge >= 0.3 is 0 Å². The van der Waals surface area contributed by atoms with Gasteiger partial charge in [0.05, 0.1) is 10.5 Å². The van der Waals surface area contributed by atoms with E-state index in [2.05, 4.69) is 21.7 Å². The van der Waals surface area contributed by atoms with Crippen LogP contribution in [0.25, 0.3) is 10.9 Å². The van der Waals surface area contributed by atoms with Gasteiger partial charge in [-0.05, 0) is 31.2 Å². The standard InChI is InChI=1S/C13H14ClN3/c14-12-7-11(17-10-3-5-15-8-10)6-9-2-1-4-16-13(9)12/h1-2,4,6-7,10,15,17H,3,5,8H2/t10-/m1/s1. The Hall–Kier alpha value is -1.32. The van der Waals surface area contributed by atoms with E-state index in [1.54, 1.807) is 6.20 Å². The van der Waals surface area contributed by atoms with Crippen LogP contribution in [0.5, 0.6) is 0 Å². The molecule has 0 amide bonds. The van der Waals surface area contributed by atoms with Crippen LogP contribution >= 0.6 is 11.6 Å². The second-order valence-corrected chi connectivity index (χ2v) is 4.77. The number of pyridine rings is 1. The van der Waals surface area contributed by atoms with Gasteiger partial charge in [-0.1, -0.05) is 17.7 Å². The average Bonchev–Trinajstić information content (AvgIpc) is 2.82. The third-order valence-electron chi connectivity index (χ3n) is 3.09. The van der Waals surface area contributed by atoms with Gasteiger partial charge in [0.2, 0.25) is 0 Å². The molecule has 0 aliphatic carbocycles. The molecule has 1 atom stereocenters. The summed E-state index contributed by atoms with van der Waals surface area (Å²) in [6.45, 7) is 2.10. The number of hydrogen-bond donors (Lipinski definition) is 2. The molecule has 17 heavy (non-hydrogen) atoms. The summed E-state index contributed by atoms with van der Waals surface area (Å²) in [5.41, 5.74) is 1.94. The molecule has 1 fully saturated rings. The van der Waals surface area contributed by atoms with E-state index in [0.717, 1.165) is 36.1 Å². The van der Waals surface area contributed by atoms with Crippen LogP contribution in [-0.4, -0.2) is 24.1 Å². The lowest BCUT2D eigenvalue weighted by Gasteiger charge is -2.14. The number of hydrogen-bond acceptors (Lipinski definition) is 3. The van der Waals surface area contributed by atoms with Crippen molar-refractivity contribution in [2.24, 2.45) is 0 Å². The molecule has 0 saturated carbocycles. The zero-order valence-electron chi connectivity index (χ0n) is 9.41. The van der Waals surface area contributed by atoms with Crippen molar-refractivity contribution in [2.75, 3.05) is 18.4 Å². The normalized spacial score (nSPS) is 19.7. The van der Waals surface area contributed by atoms with E-state index in [4.69, 9.17) is 11.6 Å². The molecule has 1 aromatic heterocycles. The van der Waals surface area contributed by atoms with E-state index in [9.17, 15) is 0 Å². The Balaban J connectivity index is 1.94. The Morgan fingerprint density at radius 1 is 1.41 bits per heavy atom. The maximum atomic E-state index is 6.23. The Bertz CT molecular complexity index is 535. The van der Waals surface area contributed by atoms with Crippen molar-refractivity contribution in [2.45, 2.75) is 12.5 Å². The van der Waals surface area contributed by atoms with Gasteiger partial charge in [-0.25, -0.2) is 0 Å². The van der Waals surface area contributed by atoms with E-state index in [0.29, 0.717) is 11.1 Å². The molecular weight excluding hydrogens is 234 g/mol. The van der Waals surface area contributed by atoms with Crippen molar-refractivity contribution in [1.29, 1.82) is 0 Å². The highest BCUT2D eigenvalue weighted by molar-refractivity contribution is 6.35. The molecule has 0 bridgehead atoms. The molecule has 0 spiro atoms. The topological polar surface area (TPSA) is 37.0 Å². The number of aromatic nitrogens is 1. The van der Waals surface area contributed by atoms with Crippen molar-refractivity contribution in [3.8, 4) is 0 Å². The number of halogens is 1. The first-order valence-electron chi connectivity index (χ1n) is 5.84. The molecule has 1 saturated heterocycles. The Labute approximate surface area is 105 Å². The molecule has 2 aromatic rings. The Kier molecular flexibility index (Phi) is 2.87. The Morgan fingerprint density at radius 3 is 3.18 bits per heavy atom. The largest absolute Gasteiger partial charge is 0.381 e. The molecule has 2 heterocycles. The number of fused-ring (bicyclic) bond motifs is 1. The number of nitrogens with one attached hydrogen (secondary N) is 2. The fourth-order valence-electron chi connectivity index (χ4n) is 2.24. The smallest absolute Gasteiger partial charge is 0.0889 e. The van der Waals surface area contributed by atoms with E-state index < -0.39 is 0 Å². The van der Waals surface area contributed by atoms with Crippen molar-refractivity contribution in [1.82, 2.24) is 10.3 Å². The molecule has 88 valence electrons. The number of anilines is 1. The molecule has 4 heteroatoms. The third-order valence-corrected chi connectivity index (χ3v) is 3.38. The van der Waals surface area contributed by atoms with Crippen molar-refractivity contribution in [3.05, 3.63) is 35.5 Å². The average molecular weight is 248 g/mol. The second kappa shape index (κ2) is 4.51. The van der Waals surface area contributed by atoms with Crippen LogP contribution in [-0.2, 0) is 0 Å². The first kappa shape index (κ1) is 10.8. The fourth-order valence-corrected chi connectivity index (χ4v) is 2.52. The molecule has 3 nitrogen and oxygen atoms in total. The van der Waals surface area contributed by atoms with Gasteiger partial charge in [0.15, 0.2) is 0 Å². The highest BCUT2D eigenvalue weighted by Gasteiger charge is 2.14. The van der Waals surface area contributed by atoms with E-state index in [-0.39, 0.29) is 0 Å². The maximum Gasteiger partial charge on any atom is 0.0889 e. The van der Waals surface area contributed by atoms with Crippen LogP contribution in [0.15, 0.2) is 30.5 Å². The molecule has 2 N–H and O–H groups in total. The van der Waals surface area contributed by atoms with Crippen LogP contribution in [0.3, 0.4) is 0 Å². The minimum absolute atomic E-state index is 0.500. The zero-order valence-corrected chi connectivity index (χ0v) is 10.2. The fraction of sp³-hybridized carbons (Fsp3) is 0.308. The summed E-state index contributed by atoms with van der Waals surface area (Å²) >= 11 is 6.23. The maximum absolute atomic E-state index is 6.23. The molecule has 1 aromatic carbocycles. The van der Waals surface area contributed by atoms with Gasteiger partial charge < -0.3 is 10.6 Å². The zero-order chi connectivity index (χ0) is 11.7. The van der Waals surface area contributed by atoms with Gasteiger partial charge in [-0.2, -0.15) is 0 Å². The molecular formula is C13H14ClN3. The first-order valence-corrected chi connectivity index (χ1v) is 6.22. The van der Waals surface area contributed by atoms with Gasteiger partial charge in [0.1, 0.15) is 0 Å². The van der Waals surface area contributed by atoms with Crippen LogP contribution < -0.4 is 10.6 Å². The van der Waals surface area contributed by atoms with E-state index in [1.807, 2.05) is 18.2 Å². The van der Waals surface area contributed by atoms with Gasteiger partial charge in [0.25, 0.3) is 0 Å². The summed E-state index contributed by atoms with van der Waals surface area (Å²) < 4.78 is 0. The number of nitrogens with zero attached hydrogens (tertiary/aromatic N) is 1. The van der Waals surface area contributed by atoms with Gasteiger partial charge in [0, 0.05) is 29.9 Å². The third kappa shape index (κ3) is 2.21. The van der Waals surface area contributed by atoms with E-state index in [1.165, 1.54) is 0 Å². The summed E-state index contributed by atoms with van der Waals surface area (Å²) in [6, 6.07) is 8.52. The molecule has 1 aliphatic heterocycles. The number of benzene rings is 1. The van der Waals surface area contributed by atoms with Crippen molar-refractivity contribution < 1.29 is 0 Å². The lowest BCUT2D eigenvalue weighted by atomic mass is 10.1. The minimum Gasteiger partial charge on any atom is -0.381 e. The molecule has 3 rings (SSSR count). The van der Waals surface area contributed by atoms with Gasteiger partial charge in [-0.3, -0.25) is 4.98 Å². The van der Waals surface area contributed by atoms with Crippen molar-refractivity contribution in [3.63, 3.8) is 0 Å². The van der Waals surface area contributed by atoms with Crippen LogP contribution in [0.1, 0.15) is 6.42 Å².